The van der Waals surface area contributed by atoms with E-state index >= 15 is 0 Å². The van der Waals surface area contributed by atoms with Crippen LogP contribution in [-0.2, 0) is 19.6 Å². The van der Waals surface area contributed by atoms with E-state index in [0.29, 0.717) is 6.42 Å². The van der Waals surface area contributed by atoms with Crippen LogP contribution in [-0.4, -0.2) is 49.8 Å². The van der Waals surface area contributed by atoms with Crippen LogP contribution in [0.25, 0.3) is 0 Å². The van der Waals surface area contributed by atoms with Gasteiger partial charge in [0.1, 0.15) is 16.7 Å². The van der Waals surface area contributed by atoms with Gasteiger partial charge in [-0.15, -0.1) is 0 Å². The third kappa shape index (κ3) is 5.10. The molecule has 0 aliphatic carbocycles. The summed E-state index contributed by atoms with van der Waals surface area (Å²) in [5.74, 6) is -1.83. The molecule has 0 bridgehead atoms. The van der Waals surface area contributed by atoms with Crippen LogP contribution in [0.15, 0.2) is 23.1 Å². The topological polar surface area (TPSA) is 130 Å². The quantitative estimate of drug-likeness (QED) is 0.558. The van der Waals surface area contributed by atoms with Crippen molar-refractivity contribution in [1.82, 2.24) is 0 Å². The van der Waals surface area contributed by atoms with Crippen molar-refractivity contribution in [3.8, 4) is 0 Å². The van der Waals surface area contributed by atoms with Crippen molar-refractivity contribution in [2.75, 3.05) is 19.8 Å². The van der Waals surface area contributed by atoms with Crippen LogP contribution in [0, 0.1) is 0 Å². The number of benzene rings is 1. The van der Waals surface area contributed by atoms with Gasteiger partial charge in [-0.3, -0.25) is 0 Å². The number of carbonyl (C=O) groups excluding carboxylic acids is 2. The summed E-state index contributed by atoms with van der Waals surface area (Å²) in [5, 5.41) is 8.59. The lowest BCUT2D eigenvalue weighted by molar-refractivity contribution is 0.0433. The first-order chi connectivity index (χ1) is 10.3. The highest BCUT2D eigenvalue weighted by Crippen LogP contribution is 2.17. The van der Waals surface area contributed by atoms with Gasteiger partial charge in [0.15, 0.2) is 0 Å². The molecule has 1 aromatic rings. The van der Waals surface area contributed by atoms with Crippen LogP contribution >= 0.6 is 0 Å². The van der Waals surface area contributed by atoms with Gasteiger partial charge in [0.2, 0.25) is 0 Å². The summed E-state index contributed by atoms with van der Waals surface area (Å²) in [6.45, 7) is 1.15. The molecule has 1 rings (SSSR count). The minimum Gasteiger partial charge on any atom is -0.744 e. The van der Waals surface area contributed by atoms with Crippen LogP contribution in [0.4, 0.5) is 0 Å². The van der Waals surface area contributed by atoms with Gasteiger partial charge in [-0.25, -0.2) is 18.0 Å². The van der Waals surface area contributed by atoms with Gasteiger partial charge in [0, 0.05) is 0 Å². The molecule has 1 N–H and O–H groups in total. The number of aliphatic hydroxyl groups is 1. The maximum absolute atomic E-state index is 11.8. The highest BCUT2D eigenvalue weighted by molar-refractivity contribution is 7.85. The lowest BCUT2D eigenvalue weighted by Crippen LogP contribution is -2.13. The van der Waals surface area contributed by atoms with E-state index in [4.69, 9.17) is 9.84 Å². The molecule has 0 unspecified atom stereocenters. The molecule has 0 atom stereocenters. The number of ether oxygens (including phenoxy) is 2. The summed E-state index contributed by atoms with van der Waals surface area (Å²) in [6, 6.07) is 2.70. The van der Waals surface area contributed by atoms with Crippen molar-refractivity contribution in [3.05, 3.63) is 29.3 Å². The van der Waals surface area contributed by atoms with E-state index in [0.717, 1.165) is 18.2 Å². The number of hydrogen-bond donors (Lipinski definition) is 1. The van der Waals surface area contributed by atoms with Gasteiger partial charge < -0.3 is 19.1 Å². The Balaban J connectivity index is 3.22. The molecule has 0 saturated heterocycles. The zero-order valence-corrected chi connectivity index (χ0v) is 12.6. The second-order valence-corrected chi connectivity index (χ2v) is 5.58. The summed E-state index contributed by atoms with van der Waals surface area (Å²) < 4.78 is 42.8. The van der Waals surface area contributed by atoms with Crippen molar-refractivity contribution in [1.29, 1.82) is 0 Å². The monoisotopic (exact) mass is 331 g/mol. The molecular weight excluding hydrogens is 316 g/mol. The van der Waals surface area contributed by atoms with Crippen molar-refractivity contribution in [3.63, 3.8) is 0 Å². The molecule has 8 nitrogen and oxygen atoms in total. The molecule has 122 valence electrons. The Bertz CT molecular complexity index is 612. The van der Waals surface area contributed by atoms with Crippen molar-refractivity contribution in [2.45, 2.75) is 18.2 Å². The van der Waals surface area contributed by atoms with Crippen LogP contribution in [0.3, 0.4) is 0 Å². The Labute approximate surface area is 127 Å². The van der Waals surface area contributed by atoms with Crippen LogP contribution < -0.4 is 0 Å². The smallest absolute Gasteiger partial charge is 0.338 e. The highest BCUT2D eigenvalue weighted by atomic mass is 32.2. The lowest BCUT2D eigenvalue weighted by atomic mass is 10.1. The molecule has 0 aliphatic rings. The Morgan fingerprint density at radius 1 is 1.09 bits per heavy atom. The average Bonchev–Trinajstić information content (AvgIpc) is 2.48. The molecular formula is C13H15O8S-. The Morgan fingerprint density at radius 2 is 1.59 bits per heavy atom. The first-order valence-corrected chi connectivity index (χ1v) is 7.76. The predicted octanol–water partition coefficient (Wildman–Crippen LogP) is 0.307. The summed E-state index contributed by atoms with van der Waals surface area (Å²) >= 11 is 0. The molecule has 0 aliphatic heterocycles. The van der Waals surface area contributed by atoms with E-state index in [1.165, 1.54) is 0 Å². The van der Waals surface area contributed by atoms with Gasteiger partial charge >= 0.3 is 11.9 Å². The number of esters is 2. The van der Waals surface area contributed by atoms with Crippen molar-refractivity contribution >= 4 is 22.1 Å². The molecule has 0 fully saturated rings. The van der Waals surface area contributed by atoms with Gasteiger partial charge in [-0.05, 0) is 24.6 Å². The van der Waals surface area contributed by atoms with Gasteiger partial charge in [-0.2, -0.15) is 0 Å². The Kier molecular flexibility index (Phi) is 6.47. The average molecular weight is 331 g/mol. The molecule has 9 heteroatoms. The number of hydrogen-bond acceptors (Lipinski definition) is 8. The molecule has 1 aromatic carbocycles. The van der Waals surface area contributed by atoms with Crippen molar-refractivity contribution < 1.29 is 37.1 Å². The largest absolute Gasteiger partial charge is 0.744 e. The number of carbonyl (C=O) groups is 2. The van der Waals surface area contributed by atoms with Crippen LogP contribution in [0.2, 0.25) is 0 Å². The van der Waals surface area contributed by atoms with E-state index in [9.17, 15) is 22.6 Å². The van der Waals surface area contributed by atoms with Gasteiger partial charge in [0.25, 0.3) is 0 Å². The maximum Gasteiger partial charge on any atom is 0.338 e. The second kappa shape index (κ2) is 7.87. The van der Waals surface area contributed by atoms with E-state index in [2.05, 4.69) is 4.74 Å². The maximum atomic E-state index is 11.8. The number of rotatable bonds is 7. The molecule has 0 radical (unpaired) electrons. The fraction of sp³-hybridized carbons (Fsp3) is 0.385. The summed E-state index contributed by atoms with van der Waals surface area (Å²) in [7, 11) is -4.87. The summed E-state index contributed by atoms with van der Waals surface area (Å²) in [5.41, 5.74) is -0.546. The SMILES string of the molecule is CCCOC(=O)c1cc(C(=O)OCCO)cc(S(=O)(=O)[O-])c1. The molecule has 0 amide bonds. The van der Waals surface area contributed by atoms with Crippen LogP contribution in [0.1, 0.15) is 34.1 Å². The summed E-state index contributed by atoms with van der Waals surface area (Å²) in [6.07, 6.45) is 0.552. The third-order valence-electron chi connectivity index (χ3n) is 2.43. The third-order valence-corrected chi connectivity index (χ3v) is 3.24. The van der Waals surface area contributed by atoms with E-state index < -0.39 is 33.6 Å². The first kappa shape index (κ1) is 18.1. The molecule has 0 saturated carbocycles. The molecule has 0 aromatic heterocycles. The second-order valence-electron chi connectivity index (χ2n) is 4.20. The van der Waals surface area contributed by atoms with Crippen molar-refractivity contribution in [2.24, 2.45) is 0 Å². The van der Waals surface area contributed by atoms with Crippen LogP contribution in [0.5, 0.6) is 0 Å². The number of aliphatic hydroxyl groups excluding tert-OH is 1. The zero-order valence-electron chi connectivity index (χ0n) is 11.8. The first-order valence-electron chi connectivity index (χ1n) is 6.35. The fourth-order valence-corrected chi connectivity index (χ4v) is 2.02. The lowest BCUT2D eigenvalue weighted by Gasteiger charge is -2.12. The molecule has 22 heavy (non-hydrogen) atoms. The molecule has 0 spiro atoms. The van der Waals surface area contributed by atoms with Gasteiger partial charge in [0.05, 0.1) is 29.2 Å². The normalized spacial score (nSPS) is 11.0. The van der Waals surface area contributed by atoms with E-state index in [-0.39, 0.29) is 24.3 Å². The van der Waals surface area contributed by atoms with E-state index in [1.54, 1.807) is 6.92 Å². The minimum absolute atomic E-state index is 0.109. The fourth-order valence-electron chi connectivity index (χ4n) is 1.48. The molecule has 0 heterocycles. The predicted molar refractivity (Wildman–Crippen MR) is 72.3 cm³/mol. The highest BCUT2D eigenvalue weighted by Gasteiger charge is 2.17. The standard InChI is InChI=1S/C13H16O8S/c1-2-4-20-12(15)9-6-10(13(16)21-5-3-14)8-11(7-9)22(17,18)19/h6-8,14H,2-5H2,1H3,(H,17,18,19)/p-1. The Morgan fingerprint density at radius 3 is 2.00 bits per heavy atom. The summed E-state index contributed by atoms with van der Waals surface area (Å²) in [4.78, 5) is 22.7. The van der Waals surface area contributed by atoms with E-state index in [1.807, 2.05) is 0 Å². The zero-order chi connectivity index (χ0) is 16.8. The Hall–Kier alpha value is -1.97. The minimum atomic E-state index is -4.87. The van der Waals surface area contributed by atoms with Gasteiger partial charge in [-0.1, -0.05) is 6.92 Å².